The molecule has 3 heterocycles. The fourth-order valence-electron chi connectivity index (χ4n) is 2.82. The molecule has 3 rings (SSSR count). The van der Waals surface area contributed by atoms with Crippen LogP contribution in [-0.2, 0) is 34.5 Å². The van der Waals surface area contributed by atoms with Crippen LogP contribution in [0.4, 0.5) is 0 Å². The summed E-state index contributed by atoms with van der Waals surface area (Å²) in [6.07, 6.45) is 5.30. The van der Waals surface area contributed by atoms with Crippen LogP contribution in [-0.4, -0.2) is 51.0 Å². The molecule has 0 fully saturated rings. The van der Waals surface area contributed by atoms with Gasteiger partial charge in [-0.3, -0.25) is 14.2 Å². The van der Waals surface area contributed by atoms with Gasteiger partial charge in [0.15, 0.2) is 0 Å². The van der Waals surface area contributed by atoms with Crippen LogP contribution in [0.3, 0.4) is 0 Å². The minimum Gasteiger partial charge on any atom is -0.349 e. The van der Waals surface area contributed by atoms with Crippen LogP contribution in [0.2, 0.25) is 0 Å². The van der Waals surface area contributed by atoms with Crippen molar-refractivity contribution < 1.29 is 13.2 Å². The molecule has 2 aromatic heterocycles. The highest BCUT2D eigenvalue weighted by Crippen LogP contribution is 2.16. The molecular weight excluding hydrogens is 344 g/mol. The molecule has 25 heavy (non-hydrogen) atoms. The predicted molar refractivity (Wildman–Crippen MR) is 90.9 cm³/mol. The molecule has 0 radical (unpaired) electrons. The van der Waals surface area contributed by atoms with Gasteiger partial charge in [-0.25, -0.2) is 8.42 Å². The number of nitrogens with one attached hydrogen (secondary N) is 1. The molecule has 10 heteroatoms. The van der Waals surface area contributed by atoms with E-state index in [1.54, 1.807) is 30.1 Å². The highest BCUT2D eigenvalue weighted by atomic mass is 32.2. The molecule has 0 unspecified atom stereocenters. The van der Waals surface area contributed by atoms with E-state index in [0.29, 0.717) is 38.3 Å². The van der Waals surface area contributed by atoms with E-state index < -0.39 is 16.1 Å². The normalized spacial score (nSPS) is 16.9. The molecule has 0 bridgehead atoms. The number of amides is 1. The summed E-state index contributed by atoms with van der Waals surface area (Å²) in [4.78, 5) is 12.2. The van der Waals surface area contributed by atoms with Gasteiger partial charge in [-0.1, -0.05) is 0 Å². The van der Waals surface area contributed by atoms with Crippen LogP contribution in [0, 0.1) is 0 Å². The van der Waals surface area contributed by atoms with Crippen molar-refractivity contribution in [3.63, 3.8) is 0 Å². The molecule has 0 aromatic carbocycles. The smallest absolute Gasteiger partial charge is 0.244 e. The number of nitrogens with zero attached hydrogens (tertiary/aromatic N) is 5. The lowest BCUT2D eigenvalue weighted by molar-refractivity contribution is -0.124. The van der Waals surface area contributed by atoms with Gasteiger partial charge < -0.3 is 5.32 Å². The summed E-state index contributed by atoms with van der Waals surface area (Å²) in [6, 6.07) is 3.21. The summed E-state index contributed by atoms with van der Waals surface area (Å²) in [5, 5.41) is 11.4. The van der Waals surface area contributed by atoms with Crippen molar-refractivity contribution in [1.29, 1.82) is 0 Å². The minimum absolute atomic E-state index is 0.148. The second-order valence-corrected chi connectivity index (χ2v) is 8.16. The highest BCUT2D eigenvalue weighted by Gasteiger charge is 2.23. The van der Waals surface area contributed by atoms with E-state index in [1.807, 2.05) is 10.7 Å². The molecule has 0 saturated heterocycles. The van der Waals surface area contributed by atoms with E-state index in [-0.39, 0.29) is 5.91 Å². The third-order valence-electron chi connectivity index (χ3n) is 4.24. The van der Waals surface area contributed by atoms with Gasteiger partial charge in [-0.15, -0.1) is 0 Å². The zero-order valence-electron chi connectivity index (χ0n) is 14.3. The van der Waals surface area contributed by atoms with Crippen LogP contribution in [0.5, 0.6) is 0 Å². The van der Waals surface area contributed by atoms with Crippen molar-refractivity contribution in [2.24, 2.45) is 0 Å². The Hall–Kier alpha value is -2.20. The van der Waals surface area contributed by atoms with E-state index >= 15 is 0 Å². The van der Waals surface area contributed by atoms with Crippen molar-refractivity contribution in [1.82, 2.24) is 29.2 Å². The average molecular weight is 366 g/mol. The Morgan fingerprint density at radius 3 is 2.88 bits per heavy atom. The van der Waals surface area contributed by atoms with Gasteiger partial charge in [0.05, 0.1) is 30.7 Å². The monoisotopic (exact) mass is 366 g/mol. The van der Waals surface area contributed by atoms with Gasteiger partial charge in [0.1, 0.15) is 6.04 Å². The zero-order valence-corrected chi connectivity index (χ0v) is 15.1. The van der Waals surface area contributed by atoms with Crippen LogP contribution < -0.4 is 5.32 Å². The molecule has 1 aliphatic heterocycles. The standard InChI is InChI=1S/C15H22N6O3S/c1-12(20-7-3-5-17-20)15(22)16-10-13-9-14-11-19(25(2,23)24)6-4-8-21(14)18-13/h3,5,7,9,12H,4,6,8,10-11H2,1-2H3,(H,16,22)/t12-/m1/s1. The molecule has 0 aliphatic carbocycles. The number of aryl methyl sites for hydroxylation is 1. The van der Waals surface area contributed by atoms with Crippen molar-refractivity contribution >= 4 is 15.9 Å². The molecule has 0 spiro atoms. The lowest BCUT2D eigenvalue weighted by atomic mass is 10.3. The molecule has 1 atom stereocenters. The minimum atomic E-state index is -3.23. The second-order valence-electron chi connectivity index (χ2n) is 6.18. The average Bonchev–Trinajstić information content (AvgIpc) is 3.17. The van der Waals surface area contributed by atoms with Crippen LogP contribution in [0.25, 0.3) is 0 Å². The predicted octanol–water partition coefficient (Wildman–Crippen LogP) is 0.122. The van der Waals surface area contributed by atoms with Crippen molar-refractivity contribution in [3.05, 3.63) is 35.9 Å². The molecule has 1 N–H and O–H groups in total. The molecule has 1 aliphatic rings. The van der Waals surface area contributed by atoms with Gasteiger partial charge in [-0.05, 0) is 25.5 Å². The maximum atomic E-state index is 12.2. The summed E-state index contributed by atoms with van der Waals surface area (Å²) in [6.45, 7) is 3.54. The largest absolute Gasteiger partial charge is 0.349 e. The fraction of sp³-hybridized carbons (Fsp3) is 0.533. The Labute approximate surface area is 146 Å². The Balaban J connectivity index is 1.64. The van der Waals surface area contributed by atoms with Gasteiger partial charge in [0.2, 0.25) is 15.9 Å². The number of fused-ring (bicyclic) bond motifs is 1. The summed E-state index contributed by atoms with van der Waals surface area (Å²) >= 11 is 0. The first-order chi connectivity index (χ1) is 11.8. The SMILES string of the molecule is C[C@H](C(=O)NCc1cc2n(n1)CCCN(S(C)(=O)=O)C2)n1cccn1. The number of carbonyl (C=O) groups excluding carboxylic acids is 1. The number of rotatable bonds is 5. The summed E-state index contributed by atoms with van der Waals surface area (Å²) in [5.74, 6) is -0.148. The number of hydrogen-bond acceptors (Lipinski definition) is 5. The fourth-order valence-corrected chi connectivity index (χ4v) is 3.64. The Kier molecular flexibility index (Phi) is 4.91. The first-order valence-corrected chi connectivity index (χ1v) is 9.97. The summed E-state index contributed by atoms with van der Waals surface area (Å²) in [7, 11) is -3.23. The third-order valence-corrected chi connectivity index (χ3v) is 5.49. The number of carbonyl (C=O) groups is 1. The molecule has 136 valence electrons. The van der Waals surface area contributed by atoms with Crippen LogP contribution in [0.15, 0.2) is 24.5 Å². The number of hydrogen-bond donors (Lipinski definition) is 1. The lowest BCUT2D eigenvalue weighted by Crippen LogP contribution is -2.31. The maximum Gasteiger partial charge on any atom is 0.244 e. The van der Waals surface area contributed by atoms with Gasteiger partial charge in [0, 0.05) is 25.5 Å². The zero-order chi connectivity index (χ0) is 18.0. The topological polar surface area (TPSA) is 102 Å². The Morgan fingerprint density at radius 2 is 2.20 bits per heavy atom. The Bertz CT molecular complexity index is 843. The van der Waals surface area contributed by atoms with Gasteiger partial charge in [0.25, 0.3) is 0 Å². The van der Waals surface area contributed by atoms with E-state index in [0.717, 1.165) is 5.69 Å². The summed E-state index contributed by atoms with van der Waals surface area (Å²) in [5.41, 5.74) is 1.55. The van der Waals surface area contributed by atoms with Gasteiger partial charge in [-0.2, -0.15) is 14.5 Å². The van der Waals surface area contributed by atoms with E-state index in [9.17, 15) is 13.2 Å². The molecule has 1 amide bonds. The van der Waals surface area contributed by atoms with Crippen molar-refractivity contribution in [3.8, 4) is 0 Å². The number of aromatic nitrogens is 4. The quantitative estimate of drug-likeness (QED) is 0.810. The number of sulfonamides is 1. The first-order valence-electron chi connectivity index (χ1n) is 8.12. The third kappa shape index (κ3) is 4.07. The molecule has 0 saturated carbocycles. The molecule has 9 nitrogen and oxygen atoms in total. The van der Waals surface area contributed by atoms with Gasteiger partial charge >= 0.3 is 0 Å². The lowest BCUT2D eigenvalue weighted by Gasteiger charge is -2.16. The maximum absolute atomic E-state index is 12.2. The highest BCUT2D eigenvalue weighted by molar-refractivity contribution is 7.88. The second kappa shape index (κ2) is 6.96. The van der Waals surface area contributed by atoms with E-state index in [1.165, 1.54) is 10.6 Å². The van der Waals surface area contributed by atoms with Crippen molar-refractivity contribution in [2.45, 2.75) is 39.0 Å². The van der Waals surface area contributed by atoms with Crippen LogP contribution >= 0.6 is 0 Å². The van der Waals surface area contributed by atoms with E-state index in [4.69, 9.17) is 0 Å². The van der Waals surface area contributed by atoms with Crippen molar-refractivity contribution in [2.75, 3.05) is 12.8 Å². The summed E-state index contributed by atoms with van der Waals surface area (Å²) < 4.78 is 28.4. The molecule has 2 aromatic rings. The molecular formula is C15H22N6O3S. The Morgan fingerprint density at radius 1 is 1.40 bits per heavy atom. The van der Waals surface area contributed by atoms with Crippen LogP contribution in [0.1, 0.15) is 30.8 Å². The first kappa shape index (κ1) is 17.6. The van der Waals surface area contributed by atoms with E-state index in [2.05, 4.69) is 15.5 Å².